The van der Waals surface area contributed by atoms with E-state index in [0.29, 0.717) is 15.7 Å². The monoisotopic (exact) mass is 435 g/mol. The van der Waals surface area contributed by atoms with Gasteiger partial charge in [0.25, 0.3) is 0 Å². The summed E-state index contributed by atoms with van der Waals surface area (Å²) in [6, 6.07) is 12.8. The maximum atomic E-state index is 14.0. The molecule has 0 saturated carbocycles. The maximum Gasteiger partial charge on any atom is 0.451 e. The Labute approximate surface area is 170 Å². The Balaban J connectivity index is 1.60. The van der Waals surface area contributed by atoms with Crippen molar-refractivity contribution in [3.8, 4) is 22.8 Å². The molecule has 0 amide bonds. The largest absolute Gasteiger partial charge is 0.451 e. The molecule has 0 radical (unpaired) electrons. The highest BCUT2D eigenvalue weighted by atomic mass is 32.2. The molecule has 0 unspecified atom stereocenters. The summed E-state index contributed by atoms with van der Waals surface area (Å²) in [4.78, 5) is 12.0. The molecule has 0 fully saturated rings. The van der Waals surface area contributed by atoms with Gasteiger partial charge >= 0.3 is 6.18 Å². The van der Waals surface area contributed by atoms with Crippen LogP contribution >= 0.6 is 11.8 Å². The minimum Gasteiger partial charge on any atom is -0.255 e. The second-order valence-electron chi connectivity index (χ2n) is 5.95. The first-order valence-corrected chi connectivity index (χ1v) is 9.18. The molecule has 1 N–H and O–H groups in total. The quantitative estimate of drug-likeness (QED) is 0.436. The Kier molecular flexibility index (Phi) is 5.20. The zero-order valence-corrected chi connectivity index (χ0v) is 15.6. The van der Waals surface area contributed by atoms with Crippen molar-refractivity contribution in [2.24, 2.45) is 0 Å². The molecule has 0 bridgehead atoms. The Morgan fingerprint density at radius 2 is 1.47 bits per heavy atom. The minimum atomic E-state index is -4.64. The van der Waals surface area contributed by atoms with Crippen LogP contribution in [0.4, 0.5) is 22.0 Å². The number of alkyl halides is 3. The smallest absolute Gasteiger partial charge is 0.255 e. The van der Waals surface area contributed by atoms with Gasteiger partial charge in [-0.15, -0.1) is 0 Å². The van der Waals surface area contributed by atoms with Crippen LogP contribution in [0.2, 0.25) is 0 Å². The van der Waals surface area contributed by atoms with Crippen LogP contribution in [0.3, 0.4) is 0 Å². The lowest BCUT2D eigenvalue weighted by molar-refractivity contribution is -0.144. The summed E-state index contributed by atoms with van der Waals surface area (Å²) in [6.07, 6.45) is -4.64. The molecule has 3 aromatic heterocycles. The lowest BCUT2D eigenvalue weighted by atomic mass is 10.1. The summed E-state index contributed by atoms with van der Waals surface area (Å²) >= 11 is 1.12. The van der Waals surface area contributed by atoms with E-state index in [9.17, 15) is 22.0 Å². The highest BCUT2D eigenvalue weighted by molar-refractivity contribution is 7.99. The zero-order chi connectivity index (χ0) is 21.3. The lowest BCUT2D eigenvalue weighted by Crippen LogP contribution is -2.07. The van der Waals surface area contributed by atoms with E-state index in [1.165, 1.54) is 12.1 Å². The van der Waals surface area contributed by atoms with Crippen LogP contribution in [0.25, 0.3) is 22.8 Å². The van der Waals surface area contributed by atoms with Gasteiger partial charge in [-0.1, -0.05) is 23.9 Å². The number of halogens is 5. The molecule has 3 heterocycles. The van der Waals surface area contributed by atoms with Crippen molar-refractivity contribution < 1.29 is 22.0 Å². The van der Waals surface area contributed by atoms with Crippen LogP contribution in [0.5, 0.6) is 0 Å². The molecule has 30 heavy (non-hydrogen) atoms. The molecule has 11 heteroatoms. The average Bonchev–Trinajstić information content (AvgIpc) is 3.19. The fourth-order valence-corrected chi connectivity index (χ4v) is 3.32. The first kappa shape index (κ1) is 20.0. The number of nitrogens with one attached hydrogen (secondary N) is 1. The van der Waals surface area contributed by atoms with Crippen molar-refractivity contribution in [2.75, 3.05) is 0 Å². The molecular formula is C19H10F5N5S. The third-order valence-corrected chi connectivity index (χ3v) is 4.72. The summed E-state index contributed by atoms with van der Waals surface area (Å²) in [7, 11) is 0. The molecule has 5 nitrogen and oxygen atoms in total. The van der Waals surface area contributed by atoms with Gasteiger partial charge < -0.3 is 0 Å². The summed E-state index contributed by atoms with van der Waals surface area (Å²) < 4.78 is 65.2. The molecule has 4 aromatic rings. The number of hydrogen-bond donors (Lipinski definition) is 1. The Morgan fingerprint density at radius 3 is 2.10 bits per heavy atom. The van der Waals surface area contributed by atoms with Crippen molar-refractivity contribution >= 4 is 11.8 Å². The molecule has 152 valence electrons. The van der Waals surface area contributed by atoms with Gasteiger partial charge in [0.05, 0.1) is 5.69 Å². The molecule has 4 rings (SSSR count). The molecule has 0 atom stereocenters. The minimum absolute atomic E-state index is 0.140. The van der Waals surface area contributed by atoms with Crippen LogP contribution in [0, 0.1) is 11.6 Å². The van der Waals surface area contributed by atoms with Crippen LogP contribution < -0.4 is 0 Å². The molecule has 1 aromatic carbocycles. The standard InChI is InChI=1S/C19H10F5N5S/c20-10-7-8-11(12(21)9-10)13-3-1-5-15(25-13)30-16-6-2-4-14(26-16)17-27-18(29-28-17)19(22,23)24/h1-9H,(H,27,28,29). The van der Waals surface area contributed by atoms with Gasteiger partial charge in [0, 0.05) is 11.6 Å². The van der Waals surface area contributed by atoms with Gasteiger partial charge in [0.15, 0.2) is 5.82 Å². The van der Waals surface area contributed by atoms with Gasteiger partial charge in [-0.2, -0.15) is 18.3 Å². The molecular weight excluding hydrogens is 425 g/mol. The van der Waals surface area contributed by atoms with Crippen LogP contribution in [0.15, 0.2) is 64.6 Å². The lowest BCUT2D eigenvalue weighted by Gasteiger charge is -2.06. The third kappa shape index (κ3) is 4.30. The Morgan fingerprint density at radius 1 is 0.800 bits per heavy atom. The maximum absolute atomic E-state index is 14.0. The van der Waals surface area contributed by atoms with Crippen molar-refractivity contribution in [1.82, 2.24) is 25.1 Å². The van der Waals surface area contributed by atoms with Gasteiger partial charge in [0.1, 0.15) is 27.4 Å². The van der Waals surface area contributed by atoms with Crippen molar-refractivity contribution in [1.29, 1.82) is 0 Å². The predicted octanol–water partition coefficient (Wildman–Crippen LogP) is 5.38. The molecule has 0 aliphatic rings. The fraction of sp³-hybridized carbons (Fsp3) is 0.0526. The summed E-state index contributed by atoms with van der Waals surface area (Å²) in [5, 5.41) is 6.29. The molecule has 0 aliphatic carbocycles. The van der Waals surface area contributed by atoms with Gasteiger partial charge in [-0.05, 0) is 36.4 Å². The van der Waals surface area contributed by atoms with Gasteiger partial charge in [0.2, 0.25) is 5.82 Å². The summed E-state index contributed by atoms with van der Waals surface area (Å²) in [5.74, 6) is -2.84. The third-order valence-electron chi connectivity index (χ3n) is 3.85. The van der Waals surface area contributed by atoms with Gasteiger partial charge in [-0.3, -0.25) is 5.10 Å². The van der Waals surface area contributed by atoms with E-state index in [-0.39, 0.29) is 17.1 Å². The van der Waals surface area contributed by atoms with Crippen molar-refractivity contribution in [3.63, 3.8) is 0 Å². The van der Waals surface area contributed by atoms with E-state index in [0.717, 1.165) is 23.9 Å². The number of aromatic amines is 1. The second-order valence-corrected chi connectivity index (χ2v) is 6.99. The van der Waals surface area contributed by atoms with Crippen molar-refractivity contribution in [3.05, 3.63) is 72.1 Å². The predicted molar refractivity (Wildman–Crippen MR) is 98.3 cm³/mol. The number of benzene rings is 1. The van der Waals surface area contributed by atoms with Crippen LogP contribution in [0.1, 0.15) is 5.82 Å². The highest BCUT2D eigenvalue weighted by Gasteiger charge is 2.35. The summed E-state index contributed by atoms with van der Waals surface area (Å²) in [5.41, 5.74) is 0.589. The van der Waals surface area contributed by atoms with Crippen LogP contribution in [-0.2, 0) is 6.18 Å². The molecule has 0 spiro atoms. The Hall–Kier alpha value is -3.34. The zero-order valence-electron chi connectivity index (χ0n) is 14.8. The number of rotatable bonds is 4. The van der Waals surface area contributed by atoms with E-state index < -0.39 is 23.6 Å². The SMILES string of the molecule is Fc1ccc(-c2cccc(Sc3cccc(-c4n[nH]c(C(F)(F)F)n4)n3)n2)c(F)c1. The normalized spacial score (nSPS) is 11.6. The highest BCUT2D eigenvalue weighted by Crippen LogP contribution is 2.30. The fourth-order valence-electron chi connectivity index (χ4n) is 2.53. The Bertz CT molecular complexity index is 1210. The van der Waals surface area contributed by atoms with Crippen molar-refractivity contribution in [2.45, 2.75) is 16.2 Å². The number of hydrogen-bond acceptors (Lipinski definition) is 5. The average molecular weight is 435 g/mol. The number of pyridine rings is 2. The number of nitrogens with zero attached hydrogens (tertiary/aromatic N) is 4. The second kappa shape index (κ2) is 7.82. The first-order chi connectivity index (χ1) is 14.3. The topological polar surface area (TPSA) is 67.3 Å². The number of H-pyrrole nitrogens is 1. The molecule has 0 aliphatic heterocycles. The van der Waals surface area contributed by atoms with E-state index in [4.69, 9.17) is 0 Å². The van der Waals surface area contributed by atoms with E-state index >= 15 is 0 Å². The van der Waals surface area contributed by atoms with Crippen LogP contribution in [-0.4, -0.2) is 25.1 Å². The number of aromatic nitrogens is 5. The van der Waals surface area contributed by atoms with E-state index in [1.807, 2.05) is 5.10 Å². The van der Waals surface area contributed by atoms with E-state index in [1.54, 1.807) is 30.3 Å². The summed E-state index contributed by atoms with van der Waals surface area (Å²) in [6.45, 7) is 0. The van der Waals surface area contributed by atoms with Gasteiger partial charge in [-0.25, -0.2) is 23.7 Å². The first-order valence-electron chi connectivity index (χ1n) is 8.37. The van der Waals surface area contributed by atoms with E-state index in [2.05, 4.69) is 20.1 Å². The molecule has 0 saturated heterocycles.